The van der Waals surface area contributed by atoms with Crippen LogP contribution in [0.2, 0.25) is 0 Å². The molecule has 1 aliphatic rings. The van der Waals surface area contributed by atoms with Gasteiger partial charge in [0.05, 0.1) is 11.3 Å². The maximum Gasteiger partial charge on any atom is 0.255 e. The van der Waals surface area contributed by atoms with E-state index in [-0.39, 0.29) is 17.7 Å². The van der Waals surface area contributed by atoms with Crippen LogP contribution in [0.1, 0.15) is 30.6 Å². The van der Waals surface area contributed by atoms with Crippen molar-refractivity contribution in [1.82, 2.24) is 4.90 Å². The average Bonchev–Trinajstić information content (AvgIpc) is 2.89. The number of alkyl halides is 1. The lowest BCUT2D eigenvalue weighted by atomic mass is 10.1. The molecule has 1 aromatic carbocycles. The third-order valence-corrected chi connectivity index (χ3v) is 4.34. The van der Waals surface area contributed by atoms with Crippen LogP contribution in [0, 0.1) is 5.92 Å². The molecule has 5 heteroatoms. The summed E-state index contributed by atoms with van der Waals surface area (Å²) in [5, 5.41) is 0. The highest BCUT2D eigenvalue weighted by molar-refractivity contribution is 6.18. The summed E-state index contributed by atoms with van der Waals surface area (Å²) in [4.78, 5) is 28.2. The Bertz CT molecular complexity index is 529. The van der Waals surface area contributed by atoms with Crippen LogP contribution in [0.4, 0.5) is 5.69 Å². The lowest BCUT2D eigenvalue weighted by Crippen LogP contribution is -2.33. The first-order valence-corrected chi connectivity index (χ1v) is 7.90. The zero-order valence-corrected chi connectivity index (χ0v) is 13.3. The smallest absolute Gasteiger partial charge is 0.255 e. The summed E-state index contributed by atoms with van der Waals surface area (Å²) < 4.78 is 0. The van der Waals surface area contributed by atoms with Gasteiger partial charge in [0.25, 0.3) is 5.91 Å². The Morgan fingerprint density at radius 2 is 2.00 bits per heavy atom. The van der Waals surface area contributed by atoms with Crippen molar-refractivity contribution in [3.05, 3.63) is 29.8 Å². The molecule has 1 aromatic rings. The van der Waals surface area contributed by atoms with E-state index in [1.54, 1.807) is 15.9 Å². The minimum atomic E-state index is -0.0299. The highest BCUT2D eigenvalue weighted by Crippen LogP contribution is 2.29. The zero-order chi connectivity index (χ0) is 15.4. The van der Waals surface area contributed by atoms with Gasteiger partial charge in [0, 0.05) is 31.9 Å². The van der Waals surface area contributed by atoms with Crippen LogP contribution in [-0.4, -0.2) is 42.2 Å². The van der Waals surface area contributed by atoms with E-state index in [0.29, 0.717) is 43.2 Å². The Hall–Kier alpha value is -1.55. The summed E-state index contributed by atoms with van der Waals surface area (Å²) in [6.07, 6.45) is 0.456. The molecule has 21 heavy (non-hydrogen) atoms. The maximum atomic E-state index is 12.6. The van der Waals surface area contributed by atoms with Crippen LogP contribution >= 0.6 is 11.6 Å². The third-order valence-electron chi connectivity index (χ3n) is 3.90. The molecule has 2 amide bonds. The molecule has 0 spiro atoms. The van der Waals surface area contributed by atoms with Crippen LogP contribution < -0.4 is 4.90 Å². The molecular weight excluding hydrogens is 288 g/mol. The largest absolute Gasteiger partial charge is 0.339 e. The lowest BCUT2D eigenvalue weighted by Gasteiger charge is -2.24. The summed E-state index contributed by atoms with van der Waals surface area (Å²) >= 11 is 5.87. The summed E-state index contributed by atoms with van der Waals surface area (Å²) in [5.74, 6) is 0.642. The minimum Gasteiger partial charge on any atom is -0.339 e. The number of nitrogens with zero attached hydrogens (tertiary/aromatic N) is 2. The first kappa shape index (κ1) is 15.8. The fourth-order valence-corrected chi connectivity index (χ4v) is 2.90. The van der Waals surface area contributed by atoms with Crippen molar-refractivity contribution in [2.45, 2.75) is 20.3 Å². The molecule has 1 fully saturated rings. The second-order valence-electron chi connectivity index (χ2n) is 5.22. The molecule has 1 unspecified atom stereocenters. The van der Waals surface area contributed by atoms with Gasteiger partial charge in [-0.1, -0.05) is 12.1 Å². The van der Waals surface area contributed by atoms with Gasteiger partial charge >= 0.3 is 0 Å². The molecule has 1 aliphatic heterocycles. The van der Waals surface area contributed by atoms with Crippen LogP contribution in [0.25, 0.3) is 0 Å². The van der Waals surface area contributed by atoms with Gasteiger partial charge in [-0.05, 0) is 31.9 Å². The number of carbonyl (C=O) groups is 2. The topological polar surface area (TPSA) is 40.6 Å². The summed E-state index contributed by atoms with van der Waals surface area (Å²) in [7, 11) is 0. The van der Waals surface area contributed by atoms with Crippen molar-refractivity contribution in [3.63, 3.8) is 0 Å². The van der Waals surface area contributed by atoms with Gasteiger partial charge < -0.3 is 9.80 Å². The second kappa shape index (κ2) is 6.94. The quantitative estimate of drug-likeness (QED) is 0.785. The van der Waals surface area contributed by atoms with Gasteiger partial charge in [-0.3, -0.25) is 9.59 Å². The number of amides is 2. The van der Waals surface area contributed by atoms with Gasteiger partial charge in [-0.15, -0.1) is 11.6 Å². The van der Waals surface area contributed by atoms with Gasteiger partial charge in [-0.2, -0.15) is 0 Å². The van der Waals surface area contributed by atoms with E-state index in [1.165, 1.54) is 0 Å². The van der Waals surface area contributed by atoms with Gasteiger partial charge in [0.15, 0.2) is 0 Å². The van der Waals surface area contributed by atoms with E-state index >= 15 is 0 Å². The monoisotopic (exact) mass is 308 g/mol. The molecule has 1 atom stereocenters. The molecule has 0 aliphatic carbocycles. The number of carbonyl (C=O) groups excluding carboxylic acids is 2. The maximum absolute atomic E-state index is 12.6. The lowest BCUT2D eigenvalue weighted by molar-refractivity contribution is -0.117. The van der Waals surface area contributed by atoms with Crippen LogP contribution in [0.15, 0.2) is 24.3 Å². The highest BCUT2D eigenvalue weighted by Gasteiger charge is 2.32. The molecule has 0 bridgehead atoms. The Labute approximate surface area is 130 Å². The van der Waals surface area contributed by atoms with E-state index < -0.39 is 0 Å². The van der Waals surface area contributed by atoms with Crippen molar-refractivity contribution in [1.29, 1.82) is 0 Å². The Balaban J connectivity index is 2.33. The van der Waals surface area contributed by atoms with Crippen LogP contribution in [-0.2, 0) is 4.79 Å². The van der Waals surface area contributed by atoms with E-state index in [4.69, 9.17) is 11.6 Å². The van der Waals surface area contributed by atoms with E-state index in [9.17, 15) is 9.59 Å². The van der Waals surface area contributed by atoms with Gasteiger partial charge in [-0.25, -0.2) is 0 Å². The number of para-hydroxylation sites is 1. The van der Waals surface area contributed by atoms with Crippen molar-refractivity contribution in [2.75, 3.05) is 30.4 Å². The normalized spacial score (nSPS) is 18.1. The SMILES string of the molecule is CCN(CC)C(=O)c1ccccc1N1CC(CCl)CC1=O. The molecule has 1 heterocycles. The number of halogens is 1. The Kier molecular flexibility index (Phi) is 5.23. The first-order chi connectivity index (χ1) is 10.1. The predicted octanol–water partition coefficient (Wildman–Crippen LogP) is 2.76. The van der Waals surface area contributed by atoms with Gasteiger partial charge in [0.1, 0.15) is 0 Å². The van der Waals surface area contributed by atoms with Crippen molar-refractivity contribution in [2.24, 2.45) is 5.92 Å². The number of hydrogen-bond donors (Lipinski definition) is 0. The van der Waals surface area contributed by atoms with Gasteiger partial charge in [0.2, 0.25) is 5.91 Å². The Morgan fingerprint density at radius 1 is 1.33 bits per heavy atom. The summed E-state index contributed by atoms with van der Waals surface area (Å²) in [6.45, 7) is 5.80. The number of benzene rings is 1. The molecule has 0 aromatic heterocycles. The highest BCUT2D eigenvalue weighted by atomic mass is 35.5. The average molecular weight is 309 g/mol. The van der Waals surface area contributed by atoms with Crippen LogP contribution in [0.5, 0.6) is 0 Å². The molecule has 4 nitrogen and oxygen atoms in total. The first-order valence-electron chi connectivity index (χ1n) is 7.36. The standard InChI is InChI=1S/C16H21ClN2O2/c1-3-18(4-2)16(21)13-7-5-6-8-14(13)19-11-12(10-17)9-15(19)20/h5-8,12H,3-4,9-11H2,1-2H3. The van der Waals surface area contributed by atoms with E-state index in [1.807, 2.05) is 32.0 Å². The number of anilines is 1. The predicted molar refractivity (Wildman–Crippen MR) is 84.9 cm³/mol. The van der Waals surface area contributed by atoms with E-state index in [2.05, 4.69) is 0 Å². The van der Waals surface area contributed by atoms with Crippen molar-refractivity contribution < 1.29 is 9.59 Å². The summed E-state index contributed by atoms with van der Waals surface area (Å²) in [5.41, 5.74) is 1.29. The van der Waals surface area contributed by atoms with E-state index in [0.717, 1.165) is 0 Å². The van der Waals surface area contributed by atoms with Crippen molar-refractivity contribution >= 4 is 29.1 Å². The molecule has 114 valence electrons. The number of rotatable bonds is 5. The molecule has 0 saturated carbocycles. The minimum absolute atomic E-state index is 0.0299. The molecule has 1 saturated heterocycles. The molecular formula is C16H21ClN2O2. The zero-order valence-electron chi connectivity index (χ0n) is 12.5. The summed E-state index contributed by atoms with van der Waals surface area (Å²) in [6, 6.07) is 7.32. The molecule has 0 N–H and O–H groups in total. The van der Waals surface area contributed by atoms with Crippen molar-refractivity contribution in [3.8, 4) is 0 Å². The fourth-order valence-electron chi connectivity index (χ4n) is 2.69. The molecule has 0 radical (unpaired) electrons. The van der Waals surface area contributed by atoms with Crippen LogP contribution in [0.3, 0.4) is 0 Å². The Morgan fingerprint density at radius 3 is 2.57 bits per heavy atom. The second-order valence-corrected chi connectivity index (χ2v) is 5.53. The third kappa shape index (κ3) is 3.21. The fraction of sp³-hybridized carbons (Fsp3) is 0.500. The number of hydrogen-bond acceptors (Lipinski definition) is 2. The molecule has 2 rings (SSSR count).